The van der Waals surface area contributed by atoms with Crippen LogP contribution in [0.1, 0.15) is 15.9 Å². The standard InChI is InChI=1S/C16H14BrNO4/c1-10-4-2-3-5-14(10)22-9-15(19)18-13-7-6-11(17)8-12(13)16(20)21/h2-8H,9H2,1H3,(H,18,19)(H,20,21). The fourth-order valence-electron chi connectivity index (χ4n) is 1.85. The number of carboxylic acid groups (broad SMARTS) is 1. The Hall–Kier alpha value is -2.34. The number of benzene rings is 2. The highest BCUT2D eigenvalue weighted by Crippen LogP contribution is 2.21. The van der Waals surface area contributed by atoms with E-state index < -0.39 is 11.9 Å². The second kappa shape index (κ2) is 7.09. The smallest absolute Gasteiger partial charge is 0.337 e. The Morgan fingerprint density at radius 2 is 1.95 bits per heavy atom. The highest BCUT2D eigenvalue weighted by molar-refractivity contribution is 9.10. The summed E-state index contributed by atoms with van der Waals surface area (Å²) < 4.78 is 6.05. The number of nitrogens with one attached hydrogen (secondary N) is 1. The molecule has 0 fully saturated rings. The molecular weight excluding hydrogens is 350 g/mol. The van der Waals surface area contributed by atoms with Gasteiger partial charge in [0.2, 0.25) is 0 Å². The number of para-hydroxylation sites is 1. The van der Waals surface area contributed by atoms with Gasteiger partial charge in [-0.15, -0.1) is 0 Å². The number of hydrogen-bond acceptors (Lipinski definition) is 3. The van der Waals surface area contributed by atoms with Crippen molar-refractivity contribution in [2.45, 2.75) is 6.92 Å². The van der Waals surface area contributed by atoms with Crippen LogP contribution in [-0.4, -0.2) is 23.6 Å². The first-order valence-electron chi connectivity index (χ1n) is 6.48. The van der Waals surface area contributed by atoms with Crippen molar-refractivity contribution in [3.63, 3.8) is 0 Å². The van der Waals surface area contributed by atoms with E-state index in [0.717, 1.165) is 5.56 Å². The lowest BCUT2D eigenvalue weighted by molar-refractivity contribution is -0.118. The van der Waals surface area contributed by atoms with Gasteiger partial charge >= 0.3 is 5.97 Å². The van der Waals surface area contributed by atoms with Crippen molar-refractivity contribution >= 4 is 33.5 Å². The number of rotatable bonds is 5. The Labute approximate surface area is 136 Å². The van der Waals surface area contributed by atoms with Crippen molar-refractivity contribution in [3.05, 3.63) is 58.1 Å². The number of carbonyl (C=O) groups excluding carboxylic acids is 1. The molecule has 0 saturated heterocycles. The van der Waals surface area contributed by atoms with Crippen LogP contribution in [0.4, 0.5) is 5.69 Å². The largest absolute Gasteiger partial charge is 0.483 e. The average molecular weight is 364 g/mol. The molecule has 0 bridgehead atoms. The van der Waals surface area contributed by atoms with E-state index in [1.807, 2.05) is 25.1 Å². The number of carboxylic acids is 1. The van der Waals surface area contributed by atoms with Gasteiger partial charge in [0.05, 0.1) is 11.3 Å². The van der Waals surface area contributed by atoms with Gasteiger partial charge < -0.3 is 15.2 Å². The minimum absolute atomic E-state index is 0.0126. The van der Waals surface area contributed by atoms with Gasteiger partial charge in [0.15, 0.2) is 6.61 Å². The van der Waals surface area contributed by atoms with Gasteiger partial charge in [0.1, 0.15) is 5.75 Å². The summed E-state index contributed by atoms with van der Waals surface area (Å²) in [6.07, 6.45) is 0. The van der Waals surface area contributed by atoms with Crippen molar-refractivity contribution in [2.24, 2.45) is 0 Å². The van der Waals surface area contributed by atoms with Crippen LogP contribution < -0.4 is 10.1 Å². The Bertz CT molecular complexity index is 715. The molecule has 0 heterocycles. The van der Waals surface area contributed by atoms with Crippen LogP contribution in [0.25, 0.3) is 0 Å². The van der Waals surface area contributed by atoms with Crippen molar-refractivity contribution in [1.29, 1.82) is 0 Å². The van der Waals surface area contributed by atoms with E-state index in [-0.39, 0.29) is 17.9 Å². The van der Waals surface area contributed by atoms with Crippen LogP contribution in [0.2, 0.25) is 0 Å². The maximum absolute atomic E-state index is 11.9. The maximum atomic E-state index is 11.9. The minimum atomic E-state index is -1.11. The normalized spacial score (nSPS) is 10.1. The molecule has 0 radical (unpaired) electrons. The minimum Gasteiger partial charge on any atom is -0.483 e. The first-order chi connectivity index (χ1) is 10.5. The molecule has 6 heteroatoms. The third-order valence-corrected chi connectivity index (χ3v) is 3.43. The zero-order valence-corrected chi connectivity index (χ0v) is 13.4. The molecule has 2 aromatic rings. The molecule has 0 aliphatic rings. The summed E-state index contributed by atoms with van der Waals surface area (Å²) in [6, 6.07) is 12.0. The van der Waals surface area contributed by atoms with Crippen LogP contribution in [0, 0.1) is 6.92 Å². The number of halogens is 1. The molecule has 0 atom stereocenters. The summed E-state index contributed by atoms with van der Waals surface area (Å²) in [6.45, 7) is 1.68. The van der Waals surface area contributed by atoms with E-state index in [4.69, 9.17) is 9.84 Å². The molecule has 0 aliphatic heterocycles. The molecule has 0 aliphatic carbocycles. The summed E-state index contributed by atoms with van der Waals surface area (Å²) in [7, 11) is 0. The topological polar surface area (TPSA) is 75.6 Å². The fraction of sp³-hybridized carbons (Fsp3) is 0.125. The number of amides is 1. The predicted octanol–water partition coefficient (Wildman–Crippen LogP) is 3.47. The lowest BCUT2D eigenvalue weighted by Crippen LogP contribution is -2.21. The molecule has 0 saturated carbocycles. The van der Waals surface area contributed by atoms with Crippen LogP contribution in [0.15, 0.2) is 46.9 Å². The summed E-state index contributed by atoms with van der Waals surface area (Å²) in [5, 5.41) is 11.7. The third kappa shape index (κ3) is 4.08. The zero-order chi connectivity index (χ0) is 16.1. The summed E-state index contributed by atoms with van der Waals surface area (Å²) in [5.74, 6) is -0.920. The summed E-state index contributed by atoms with van der Waals surface area (Å²) in [4.78, 5) is 23.1. The van der Waals surface area contributed by atoms with Gasteiger partial charge in [-0.25, -0.2) is 4.79 Å². The molecular formula is C16H14BrNO4. The van der Waals surface area contributed by atoms with Gasteiger partial charge in [-0.1, -0.05) is 34.1 Å². The molecule has 1 amide bonds. The van der Waals surface area contributed by atoms with Crippen LogP contribution in [-0.2, 0) is 4.79 Å². The Kier molecular flexibility index (Phi) is 5.16. The van der Waals surface area contributed by atoms with Crippen LogP contribution >= 0.6 is 15.9 Å². The van der Waals surface area contributed by atoms with Crippen LogP contribution in [0.5, 0.6) is 5.75 Å². The average Bonchev–Trinajstić information content (AvgIpc) is 2.48. The highest BCUT2D eigenvalue weighted by atomic mass is 79.9. The summed E-state index contributed by atoms with van der Waals surface area (Å²) in [5.41, 5.74) is 1.16. The van der Waals surface area contributed by atoms with Crippen molar-refractivity contribution < 1.29 is 19.4 Å². The van der Waals surface area contributed by atoms with E-state index in [1.165, 1.54) is 12.1 Å². The first-order valence-corrected chi connectivity index (χ1v) is 7.28. The number of ether oxygens (including phenoxy) is 1. The van der Waals surface area contributed by atoms with Crippen molar-refractivity contribution in [3.8, 4) is 5.75 Å². The number of aryl methyl sites for hydroxylation is 1. The Morgan fingerprint density at radius 1 is 1.23 bits per heavy atom. The molecule has 22 heavy (non-hydrogen) atoms. The molecule has 2 rings (SSSR count). The predicted molar refractivity (Wildman–Crippen MR) is 86.4 cm³/mol. The number of aromatic carboxylic acids is 1. The van der Waals surface area contributed by atoms with E-state index in [1.54, 1.807) is 12.1 Å². The van der Waals surface area contributed by atoms with Gasteiger partial charge in [-0.3, -0.25) is 4.79 Å². The molecule has 0 aromatic heterocycles. The monoisotopic (exact) mass is 363 g/mol. The van der Waals surface area contributed by atoms with Crippen molar-refractivity contribution in [1.82, 2.24) is 0 Å². The molecule has 2 N–H and O–H groups in total. The second-order valence-corrected chi connectivity index (χ2v) is 5.51. The Balaban J connectivity index is 2.04. The number of carbonyl (C=O) groups is 2. The molecule has 0 spiro atoms. The first kappa shape index (κ1) is 16.0. The third-order valence-electron chi connectivity index (χ3n) is 2.94. The maximum Gasteiger partial charge on any atom is 0.337 e. The van der Waals surface area contributed by atoms with E-state index in [9.17, 15) is 9.59 Å². The zero-order valence-electron chi connectivity index (χ0n) is 11.8. The SMILES string of the molecule is Cc1ccccc1OCC(=O)Nc1ccc(Br)cc1C(=O)O. The Morgan fingerprint density at radius 3 is 2.64 bits per heavy atom. The van der Waals surface area contributed by atoms with Crippen LogP contribution in [0.3, 0.4) is 0 Å². The lowest BCUT2D eigenvalue weighted by Gasteiger charge is -2.11. The summed E-state index contributed by atoms with van der Waals surface area (Å²) >= 11 is 3.20. The number of hydrogen-bond donors (Lipinski definition) is 2. The molecule has 5 nitrogen and oxygen atoms in total. The molecule has 0 unspecified atom stereocenters. The van der Waals surface area contributed by atoms with Gasteiger partial charge in [0.25, 0.3) is 5.91 Å². The fourth-order valence-corrected chi connectivity index (χ4v) is 2.21. The van der Waals surface area contributed by atoms with E-state index in [0.29, 0.717) is 10.2 Å². The second-order valence-electron chi connectivity index (χ2n) is 4.60. The van der Waals surface area contributed by atoms with E-state index >= 15 is 0 Å². The molecule has 114 valence electrons. The molecule has 2 aromatic carbocycles. The quantitative estimate of drug-likeness (QED) is 0.852. The number of anilines is 1. The van der Waals surface area contributed by atoms with Gasteiger partial charge in [-0.05, 0) is 36.8 Å². The lowest BCUT2D eigenvalue weighted by atomic mass is 10.2. The van der Waals surface area contributed by atoms with Gasteiger partial charge in [-0.2, -0.15) is 0 Å². The van der Waals surface area contributed by atoms with E-state index in [2.05, 4.69) is 21.2 Å². The van der Waals surface area contributed by atoms with Gasteiger partial charge in [0, 0.05) is 4.47 Å². The highest BCUT2D eigenvalue weighted by Gasteiger charge is 2.13. The van der Waals surface area contributed by atoms with Crippen molar-refractivity contribution in [2.75, 3.05) is 11.9 Å².